The van der Waals surface area contributed by atoms with Crippen LogP contribution in [-0.4, -0.2) is 11.1 Å². The summed E-state index contributed by atoms with van der Waals surface area (Å²) in [5, 5.41) is 8.50. The molecule has 0 aliphatic rings. The SMILES string of the molecule is CCC(C)C(=O)O[N+](=O)[O-]. The van der Waals surface area contributed by atoms with Crippen molar-refractivity contribution in [3.63, 3.8) is 0 Å². The summed E-state index contributed by atoms with van der Waals surface area (Å²) in [6.07, 6.45) is 0.548. The normalized spacial score (nSPS) is 12.2. The molecule has 0 aromatic carbocycles. The second kappa shape index (κ2) is 3.81. The van der Waals surface area contributed by atoms with E-state index in [9.17, 15) is 14.9 Å². The summed E-state index contributed by atoms with van der Waals surface area (Å²) in [7, 11) is 0. The van der Waals surface area contributed by atoms with Gasteiger partial charge in [-0.2, -0.15) is 0 Å². The zero-order valence-corrected chi connectivity index (χ0v) is 5.86. The first kappa shape index (κ1) is 8.87. The van der Waals surface area contributed by atoms with E-state index >= 15 is 0 Å². The molecule has 0 aliphatic carbocycles. The molecule has 0 aromatic rings. The molecule has 0 N–H and O–H groups in total. The molecule has 0 rings (SSSR count). The zero-order valence-electron chi connectivity index (χ0n) is 5.86. The van der Waals surface area contributed by atoms with E-state index in [0.29, 0.717) is 6.42 Å². The second-order valence-corrected chi connectivity index (χ2v) is 1.94. The Bertz CT molecular complexity index is 145. The highest BCUT2D eigenvalue weighted by atomic mass is 17.0. The predicted molar refractivity (Wildman–Crippen MR) is 32.5 cm³/mol. The molecule has 1 atom stereocenters. The summed E-state index contributed by atoms with van der Waals surface area (Å²) in [6, 6.07) is 0. The molecule has 0 radical (unpaired) electrons. The minimum Gasteiger partial charge on any atom is -0.268 e. The summed E-state index contributed by atoms with van der Waals surface area (Å²) >= 11 is 0. The predicted octanol–water partition coefficient (Wildman–Crippen LogP) is 0.767. The molecule has 1 unspecified atom stereocenters. The van der Waals surface area contributed by atoms with E-state index in [1.54, 1.807) is 13.8 Å². The fourth-order valence-electron chi connectivity index (χ4n) is 0.330. The molecule has 0 saturated carbocycles. The first-order valence-electron chi connectivity index (χ1n) is 2.94. The molecule has 0 bridgehead atoms. The van der Waals surface area contributed by atoms with Gasteiger partial charge in [-0.05, 0) is 6.42 Å². The molecule has 10 heavy (non-hydrogen) atoms. The first-order valence-corrected chi connectivity index (χ1v) is 2.94. The van der Waals surface area contributed by atoms with Crippen LogP contribution in [0.25, 0.3) is 0 Å². The van der Waals surface area contributed by atoms with Crippen LogP contribution in [0.2, 0.25) is 0 Å². The maximum Gasteiger partial charge on any atom is 0.306 e. The lowest BCUT2D eigenvalue weighted by Crippen LogP contribution is -2.17. The van der Waals surface area contributed by atoms with E-state index in [1.165, 1.54) is 0 Å². The summed E-state index contributed by atoms with van der Waals surface area (Å²) in [6.45, 7) is 3.33. The monoisotopic (exact) mass is 147 g/mol. The molecule has 0 aliphatic heterocycles. The fourth-order valence-corrected chi connectivity index (χ4v) is 0.330. The summed E-state index contributed by atoms with van der Waals surface area (Å²) < 4.78 is 0. The van der Waals surface area contributed by atoms with Crippen LogP contribution >= 0.6 is 0 Å². The van der Waals surface area contributed by atoms with Gasteiger partial charge in [0.05, 0.1) is 0 Å². The van der Waals surface area contributed by atoms with Crippen molar-refractivity contribution in [1.29, 1.82) is 0 Å². The Hall–Kier alpha value is -1.13. The molecule has 0 amide bonds. The lowest BCUT2D eigenvalue weighted by Gasteiger charge is -2.02. The maximum absolute atomic E-state index is 10.5. The Labute approximate surface area is 58.1 Å². The summed E-state index contributed by atoms with van der Waals surface area (Å²) in [4.78, 5) is 23.8. The van der Waals surface area contributed by atoms with Crippen molar-refractivity contribution in [3.05, 3.63) is 10.1 Å². The third-order valence-electron chi connectivity index (χ3n) is 1.18. The Morgan fingerprint density at radius 3 is 2.60 bits per heavy atom. The minimum atomic E-state index is -1.09. The lowest BCUT2D eigenvalue weighted by molar-refractivity contribution is -0.730. The molecule has 0 heterocycles. The first-order chi connectivity index (χ1) is 4.57. The average molecular weight is 147 g/mol. The quantitative estimate of drug-likeness (QED) is 0.436. The highest BCUT2D eigenvalue weighted by Gasteiger charge is 2.14. The highest BCUT2D eigenvalue weighted by molar-refractivity contribution is 5.71. The maximum atomic E-state index is 10.5. The van der Waals surface area contributed by atoms with Gasteiger partial charge in [-0.3, -0.25) is 4.79 Å². The molecule has 0 spiro atoms. The largest absolute Gasteiger partial charge is 0.306 e. The number of nitrogens with zero attached hydrogens (tertiary/aromatic N) is 1. The van der Waals surface area contributed by atoms with E-state index in [4.69, 9.17) is 0 Å². The number of carbonyl (C=O) groups excluding carboxylic acids is 1. The van der Waals surface area contributed by atoms with Crippen LogP contribution in [0.4, 0.5) is 0 Å². The van der Waals surface area contributed by atoms with Crippen LogP contribution in [0.15, 0.2) is 0 Å². The smallest absolute Gasteiger partial charge is 0.268 e. The van der Waals surface area contributed by atoms with E-state index in [1.807, 2.05) is 0 Å². The van der Waals surface area contributed by atoms with Crippen molar-refractivity contribution >= 4 is 5.97 Å². The van der Waals surface area contributed by atoms with Gasteiger partial charge in [0, 0.05) is 5.92 Å². The van der Waals surface area contributed by atoms with Crippen LogP contribution in [-0.2, 0) is 9.63 Å². The van der Waals surface area contributed by atoms with Gasteiger partial charge in [0.2, 0.25) is 0 Å². The number of carbonyl (C=O) groups is 1. The van der Waals surface area contributed by atoms with E-state index < -0.39 is 17.0 Å². The average Bonchev–Trinajstić information content (AvgIpc) is 1.85. The lowest BCUT2D eigenvalue weighted by atomic mass is 10.1. The van der Waals surface area contributed by atoms with Crippen LogP contribution in [0.5, 0.6) is 0 Å². The van der Waals surface area contributed by atoms with Gasteiger partial charge >= 0.3 is 11.1 Å². The van der Waals surface area contributed by atoms with Gasteiger partial charge < -0.3 is 0 Å². The van der Waals surface area contributed by atoms with Crippen LogP contribution in [0.1, 0.15) is 20.3 Å². The Kier molecular flexibility index (Phi) is 3.38. The van der Waals surface area contributed by atoms with Gasteiger partial charge in [0.25, 0.3) is 0 Å². The summed E-state index contributed by atoms with van der Waals surface area (Å²) in [5.41, 5.74) is 0. The van der Waals surface area contributed by atoms with E-state index in [0.717, 1.165) is 0 Å². The summed E-state index contributed by atoms with van der Waals surface area (Å²) in [5.74, 6) is -1.18. The Balaban J connectivity index is 3.73. The van der Waals surface area contributed by atoms with E-state index in [2.05, 4.69) is 4.84 Å². The van der Waals surface area contributed by atoms with Crippen molar-refractivity contribution in [2.24, 2.45) is 5.92 Å². The standard InChI is InChI=1S/C5H9NO4/c1-3-4(2)5(7)10-6(8)9/h4H,3H2,1-2H3. The minimum absolute atomic E-state index is 0.398. The van der Waals surface area contributed by atoms with Gasteiger partial charge in [0.15, 0.2) is 0 Å². The van der Waals surface area contributed by atoms with Crippen LogP contribution in [0.3, 0.4) is 0 Å². The number of rotatable bonds is 3. The molecule has 0 aromatic heterocycles. The third kappa shape index (κ3) is 3.01. The van der Waals surface area contributed by atoms with Gasteiger partial charge in [-0.25, -0.2) is 4.84 Å². The Morgan fingerprint density at radius 2 is 2.30 bits per heavy atom. The second-order valence-electron chi connectivity index (χ2n) is 1.94. The van der Waals surface area contributed by atoms with Crippen molar-refractivity contribution < 1.29 is 14.7 Å². The van der Waals surface area contributed by atoms with Crippen molar-refractivity contribution in [2.75, 3.05) is 0 Å². The van der Waals surface area contributed by atoms with E-state index in [-0.39, 0.29) is 0 Å². The number of hydrogen-bond acceptors (Lipinski definition) is 4. The Morgan fingerprint density at radius 1 is 1.80 bits per heavy atom. The fraction of sp³-hybridized carbons (Fsp3) is 0.800. The van der Waals surface area contributed by atoms with Gasteiger partial charge in [0.1, 0.15) is 0 Å². The molecule has 0 fully saturated rings. The highest BCUT2D eigenvalue weighted by Crippen LogP contribution is 2.02. The van der Waals surface area contributed by atoms with Crippen molar-refractivity contribution in [3.8, 4) is 0 Å². The van der Waals surface area contributed by atoms with Gasteiger partial charge in [-0.1, -0.05) is 13.8 Å². The van der Waals surface area contributed by atoms with Gasteiger partial charge in [-0.15, -0.1) is 10.1 Å². The molecular formula is C5H9NO4. The van der Waals surface area contributed by atoms with Crippen LogP contribution < -0.4 is 0 Å². The topological polar surface area (TPSA) is 69.4 Å². The zero-order chi connectivity index (χ0) is 8.15. The number of hydrogen-bond donors (Lipinski definition) is 0. The molecular weight excluding hydrogens is 138 g/mol. The van der Waals surface area contributed by atoms with Crippen molar-refractivity contribution in [1.82, 2.24) is 0 Å². The van der Waals surface area contributed by atoms with Crippen molar-refractivity contribution in [2.45, 2.75) is 20.3 Å². The molecule has 58 valence electrons. The molecule has 5 nitrogen and oxygen atoms in total. The molecule has 5 heteroatoms. The molecule has 0 saturated heterocycles. The third-order valence-corrected chi connectivity index (χ3v) is 1.18. The van der Waals surface area contributed by atoms with Crippen LogP contribution in [0, 0.1) is 16.0 Å².